The largest absolute Gasteiger partial charge is 0.350 e. The molecular weight excluding hydrogens is 310 g/mol. The molecule has 2 heterocycles. The second kappa shape index (κ2) is 6.70. The van der Waals surface area contributed by atoms with Gasteiger partial charge in [0.1, 0.15) is 17.8 Å². The van der Waals surface area contributed by atoms with Crippen molar-refractivity contribution in [2.75, 3.05) is 6.54 Å². The van der Waals surface area contributed by atoms with E-state index in [0.29, 0.717) is 12.2 Å². The highest BCUT2D eigenvalue weighted by Crippen LogP contribution is 2.21. The lowest BCUT2D eigenvalue weighted by Gasteiger charge is -2.15. The molecule has 1 atom stereocenters. The van der Waals surface area contributed by atoms with Crippen LogP contribution in [-0.4, -0.2) is 32.6 Å². The third-order valence-electron chi connectivity index (χ3n) is 3.55. The average Bonchev–Trinajstić information content (AvgIpc) is 3.18. The quantitative estimate of drug-likeness (QED) is 0.754. The molecule has 3 aromatic rings. The van der Waals surface area contributed by atoms with Crippen LogP contribution in [0.1, 0.15) is 37.7 Å². The molecule has 1 amide bonds. The summed E-state index contributed by atoms with van der Waals surface area (Å²) in [5.41, 5.74) is 1.56. The van der Waals surface area contributed by atoms with Gasteiger partial charge in [-0.15, -0.1) is 11.3 Å². The summed E-state index contributed by atoms with van der Waals surface area (Å²) in [5.74, 6) is 0.484. The van der Waals surface area contributed by atoms with Crippen LogP contribution in [0.4, 0.5) is 0 Å². The van der Waals surface area contributed by atoms with E-state index in [1.54, 1.807) is 0 Å². The van der Waals surface area contributed by atoms with Crippen molar-refractivity contribution in [1.29, 1.82) is 0 Å². The van der Waals surface area contributed by atoms with Gasteiger partial charge >= 0.3 is 0 Å². The Morgan fingerprint density at radius 2 is 2.09 bits per heavy atom. The summed E-state index contributed by atoms with van der Waals surface area (Å²) in [6.07, 6.45) is 1.47. The normalized spacial score (nSPS) is 12.1. The number of nitrogens with zero attached hydrogens (tertiary/aromatic N) is 3. The van der Waals surface area contributed by atoms with Gasteiger partial charge in [-0.1, -0.05) is 30.3 Å². The van der Waals surface area contributed by atoms with Gasteiger partial charge in [0.15, 0.2) is 0 Å². The van der Waals surface area contributed by atoms with Crippen LogP contribution in [0.5, 0.6) is 0 Å². The van der Waals surface area contributed by atoms with Crippen molar-refractivity contribution < 1.29 is 4.79 Å². The van der Waals surface area contributed by atoms with E-state index >= 15 is 0 Å². The maximum Gasteiger partial charge on any atom is 0.271 e. The van der Waals surface area contributed by atoms with Crippen molar-refractivity contribution in [3.05, 3.63) is 63.6 Å². The van der Waals surface area contributed by atoms with Crippen molar-refractivity contribution in [1.82, 2.24) is 25.5 Å². The van der Waals surface area contributed by atoms with Crippen LogP contribution >= 0.6 is 11.3 Å². The molecule has 0 saturated carbocycles. The molecule has 1 unspecified atom stereocenters. The molecule has 1 aromatic carbocycles. The second-order valence-corrected chi connectivity index (χ2v) is 6.59. The number of hydrogen-bond donors (Lipinski definition) is 2. The van der Waals surface area contributed by atoms with E-state index in [1.807, 2.05) is 44.2 Å². The fraction of sp³-hybridized carbons (Fsp3) is 0.250. The van der Waals surface area contributed by atoms with Crippen LogP contribution in [0.25, 0.3) is 0 Å². The Kier molecular flexibility index (Phi) is 4.47. The number of H-pyrrole nitrogens is 1. The number of aryl methyl sites for hydroxylation is 2. The number of thiazole rings is 1. The molecule has 2 aromatic heterocycles. The van der Waals surface area contributed by atoms with Gasteiger partial charge in [-0.05, 0) is 19.4 Å². The number of carbonyl (C=O) groups excluding carboxylic acids is 1. The van der Waals surface area contributed by atoms with E-state index in [4.69, 9.17) is 0 Å². The predicted molar refractivity (Wildman–Crippen MR) is 88.6 cm³/mol. The molecular formula is C16H17N5OS. The van der Waals surface area contributed by atoms with Crippen molar-refractivity contribution in [3.8, 4) is 0 Å². The van der Waals surface area contributed by atoms with Gasteiger partial charge in [0.25, 0.3) is 5.91 Å². The van der Waals surface area contributed by atoms with Crippen LogP contribution in [0.2, 0.25) is 0 Å². The van der Waals surface area contributed by atoms with Gasteiger partial charge in [0, 0.05) is 11.4 Å². The van der Waals surface area contributed by atoms with Gasteiger partial charge in [-0.3, -0.25) is 9.89 Å². The van der Waals surface area contributed by atoms with Crippen LogP contribution < -0.4 is 5.32 Å². The fourth-order valence-corrected chi connectivity index (χ4v) is 3.27. The summed E-state index contributed by atoms with van der Waals surface area (Å²) in [4.78, 5) is 21.8. The number of aromatic amines is 1. The lowest BCUT2D eigenvalue weighted by molar-refractivity contribution is 0.0947. The lowest BCUT2D eigenvalue weighted by atomic mass is 9.98. The molecule has 0 radical (unpaired) electrons. The summed E-state index contributed by atoms with van der Waals surface area (Å²) in [6, 6.07) is 9.92. The molecule has 0 aliphatic heterocycles. The maximum absolute atomic E-state index is 12.4. The highest BCUT2D eigenvalue weighted by atomic mass is 32.1. The van der Waals surface area contributed by atoms with Crippen molar-refractivity contribution in [2.45, 2.75) is 19.8 Å². The zero-order chi connectivity index (χ0) is 16.2. The topological polar surface area (TPSA) is 83.6 Å². The Bertz CT molecular complexity index is 782. The molecule has 7 heteroatoms. The van der Waals surface area contributed by atoms with Gasteiger partial charge in [0.05, 0.1) is 10.9 Å². The van der Waals surface area contributed by atoms with E-state index in [9.17, 15) is 4.79 Å². The Labute approximate surface area is 138 Å². The minimum atomic E-state index is -0.160. The van der Waals surface area contributed by atoms with Gasteiger partial charge in [-0.2, -0.15) is 5.10 Å². The Hall–Kier alpha value is -2.54. The number of carbonyl (C=O) groups is 1. The first-order chi connectivity index (χ1) is 11.1. The molecule has 23 heavy (non-hydrogen) atoms. The molecule has 0 aliphatic carbocycles. The van der Waals surface area contributed by atoms with E-state index in [-0.39, 0.29) is 11.8 Å². The van der Waals surface area contributed by atoms with E-state index in [2.05, 4.69) is 25.5 Å². The van der Waals surface area contributed by atoms with Gasteiger partial charge in [-0.25, -0.2) is 9.97 Å². The third kappa shape index (κ3) is 3.45. The van der Waals surface area contributed by atoms with Crippen molar-refractivity contribution >= 4 is 17.2 Å². The molecule has 0 saturated heterocycles. The first-order valence-electron chi connectivity index (χ1n) is 7.27. The standard InChI is InChI=1S/C16H17N5OS/c1-10-14(20-11(2)23-10)16(22)17-8-13(15-18-9-19-21-15)12-6-4-3-5-7-12/h3-7,9,13H,8H2,1-2H3,(H,17,22)(H,18,19,21). The van der Waals surface area contributed by atoms with Gasteiger partial charge in [0.2, 0.25) is 0 Å². The zero-order valence-corrected chi connectivity index (χ0v) is 13.7. The molecule has 3 rings (SSSR count). The fourth-order valence-electron chi connectivity index (χ4n) is 2.46. The minimum absolute atomic E-state index is 0.0808. The summed E-state index contributed by atoms with van der Waals surface area (Å²) in [6.45, 7) is 4.23. The number of benzene rings is 1. The second-order valence-electron chi connectivity index (χ2n) is 5.18. The molecule has 2 N–H and O–H groups in total. The molecule has 6 nitrogen and oxygen atoms in total. The van der Waals surface area contributed by atoms with Crippen molar-refractivity contribution in [2.24, 2.45) is 0 Å². The van der Waals surface area contributed by atoms with Crippen molar-refractivity contribution in [3.63, 3.8) is 0 Å². The van der Waals surface area contributed by atoms with Crippen LogP contribution in [-0.2, 0) is 0 Å². The first kappa shape index (κ1) is 15.4. The lowest BCUT2D eigenvalue weighted by Crippen LogP contribution is -2.30. The van der Waals surface area contributed by atoms with Crippen LogP contribution in [0.15, 0.2) is 36.7 Å². The number of rotatable bonds is 5. The molecule has 118 valence electrons. The molecule has 0 aliphatic rings. The van der Waals surface area contributed by atoms with E-state index in [0.717, 1.165) is 21.3 Å². The smallest absolute Gasteiger partial charge is 0.271 e. The summed E-state index contributed by atoms with van der Waals surface area (Å²) in [5, 5.41) is 10.6. The SMILES string of the molecule is Cc1nc(C(=O)NCC(c2ccccc2)c2ncn[nH]2)c(C)s1. The van der Waals surface area contributed by atoms with Gasteiger partial charge < -0.3 is 5.32 Å². The molecule has 0 bridgehead atoms. The van der Waals surface area contributed by atoms with E-state index < -0.39 is 0 Å². The third-order valence-corrected chi connectivity index (χ3v) is 4.44. The predicted octanol–water partition coefficient (Wildman–Crippen LogP) is 2.44. The Morgan fingerprint density at radius 3 is 2.70 bits per heavy atom. The molecule has 0 spiro atoms. The van der Waals surface area contributed by atoms with E-state index in [1.165, 1.54) is 17.7 Å². The Balaban J connectivity index is 1.77. The van der Waals surface area contributed by atoms with Crippen LogP contribution in [0, 0.1) is 13.8 Å². The highest BCUT2D eigenvalue weighted by Gasteiger charge is 2.20. The Morgan fingerprint density at radius 1 is 1.30 bits per heavy atom. The first-order valence-corrected chi connectivity index (χ1v) is 8.09. The van der Waals surface area contributed by atoms with Crippen LogP contribution in [0.3, 0.4) is 0 Å². The number of aromatic nitrogens is 4. The molecule has 0 fully saturated rings. The minimum Gasteiger partial charge on any atom is -0.350 e. The number of hydrogen-bond acceptors (Lipinski definition) is 5. The maximum atomic E-state index is 12.4. The highest BCUT2D eigenvalue weighted by molar-refractivity contribution is 7.11. The average molecular weight is 327 g/mol. The summed E-state index contributed by atoms with van der Waals surface area (Å²) >= 11 is 1.53. The zero-order valence-electron chi connectivity index (χ0n) is 12.9. The monoisotopic (exact) mass is 327 g/mol. The summed E-state index contributed by atoms with van der Waals surface area (Å²) in [7, 11) is 0. The summed E-state index contributed by atoms with van der Waals surface area (Å²) < 4.78 is 0. The number of nitrogens with one attached hydrogen (secondary N) is 2. The number of amides is 1.